The van der Waals surface area contributed by atoms with E-state index in [2.05, 4.69) is 0 Å². The van der Waals surface area contributed by atoms with Crippen molar-refractivity contribution in [2.45, 2.75) is 19.4 Å². The largest absolute Gasteiger partial charge is 0.508 e. The Morgan fingerprint density at radius 2 is 2.00 bits per heavy atom. The molecule has 0 aliphatic heterocycles. The third-order valence-corrected chi connectivity index (χ3v) is 1.85. The molecule has 0 fully saturated rings. The number of non-ortho nitro benzene ring substituents is 1. The highest BCUT2D eigenvalue weighted by molar-refractivity contribution is 5.45. The molecule has 0 saturated heterocycles. The van der Waals surface area contributed by atoms with Crippen molar-refractivity contribution in [1.82, 2.24) is 0 Å². The highest BCUT2D eigenvalue weighted by atomic mass is 16.6. The van der Waals surface area contributed by atoms with Crippen LogP contribution in [0.4, 0.5) is 5.69 Å². The van der Waals surface area contributed by atoms with E-state index in [0.29, 0.717) is 0 Å². The predicted octanol–water partition coefficient (Wildman–Crippen LogP) is 1.53. The van der Waals surface area contributed by atoms with Crippen molar-refractivity contribution in [2.24, 2.45) is 0 Å². The zero-order valence-corrected chi connectivity index (χ0v) is 7.89. The number of nitro benzene ring substituents is 1. The number of hydrogen-bond donors (Lipinski definition) is 2. The number of aliphatic hydroxyl groups is 1. The molecule has 76 valence electrons. The van der Waals surface area contributed by atoms with Crippen LogP contribution in [0.3, 0.4) is 0 Å². The molecule has 1 aromatic rings. The summed E-state index contributed by atoms with van der Waals surface area (Å²) in [6, 6.07) is 3.55. The average Bonchev–Trinajstić information content (AvgIpc) is 2.02. The first kappa shape index (κ1) is 10.5. The fourth-order valence-corrected chi connectivity index (χ4v) is 1.13. The summed E-state index contributed by atoms with van der Waals surface area (Å²) < 4.78 is 0. The third kappa shape index (κ3) is 2.00. The van der Waals surface area contributed by atoms with Crippen LogP contribution in [0.25, 0.3) is 0 Å². The highest BCUT2D eigenvalue weighted by Crippen LogP contribution is 2.31. The monoisotopic (exact) mass is 197 g/mol. The number of hydrogen-bond acceptors (Lipinski definition) is 4. The van der Waals surface area contributed by atoms with E-state index < -0.39 is 10.5 Å². The van der Waals surface area contributed by atoms with E-state index in [4.69, 9.17) is 0 Å². The standard InChI is InChI=1S/C9H11NO4/c1-9(2,12)7-5-6(10(13)14)3-4-8(7)11/h3-5,11-12H,1-2H3. The predicted molar refractivity (Wildman–Crippen MR) is 50.0 cm³/mol. The van der Waals surface area contributed by atoms with Crippen LogP contribution in [0.15, 0.2) is 18.2 Å². The quantitative estimate of drug-likeness (QED) is 0.556. The molecule has 5 heteroatoms. The van der Waals surface area contributed by atoms with Gasteiger partial charge in [-0.3, -0.25) is 10.1 Å². The molecule has 14 heavy (non-hydrogen) atoms. The van der Waals surface area contributed by atoms with Crippen LogP contribution in [-0.2, 0) is 5.60 Å². The summed E-state index contributed by atoms with van der Waals surface area (Å²) in [5.41, 5.74) is -1.30. The summed E-state index contributed by atoms with van der Waals surface area (Å²) in [6.07, 6.45) is 0. The number of nitrogens with zero attached hydrogens (tertiary/aromatic N) is 1. The number of phenolic OH excluding ortho intramolecular Hbond substituents is 1. The maximum Gasteiger partial charge on any atom is 0.270 e. The number of phenols is 1. The second kappa shape index (κ2) is 3.26. The number of nitro groups is 1. The van der Waals surface area contributed by atoms with Gasteiger partial charge in [0.1, 0.15) is 5.75 Å². The van der Waals surface area contributed by atoms with Gasteiger partial charge in [0.05, 0.1) is 10.5 Å². The Hall–Kier alpha value is -1.62. The molecule has 0 atom stereocenters. The minimum absolute atomic E-state index is 0.145. The second-order valence-corrected chi connectivity index (χ2v) is 3.52. The first-order valence-corrected chi connectivity index (χ1v) is 4.02. The molecule has 0 amide bonds. The van der Waals surface area contributed by atoms with Crippen LogP contribution >= 0.6 is 0 Å². The SMILES string of the molecule is CC(C)(O)c1cc([N+](=O)[O-])ccc1O. The maximum absolute atomic E-state index is 10.4. The first-order valence-electron chi connectivity index (χ1n) is 4.02. The van der Waals surface area contributed by atoms with E-state index in [1.165, 1.54) is 26.0 Å². The summed E-state index contributed by atoms with van der Waals surface area (Å²) in [6.45, 7) is 2.90. The molecule has 0 aliphatic carbocycles. The summed E-state index contributed by atoms with van der Waals surface area (Å²) >= 11 is 0. The molecule has 0 bridgehead atoms. The smallest absolute Gasteiger partial charge is 0.270 e. The van der Waals surface area contributed by atoms with Crippen LogP contribution in [0.2, 0.25) is 0 Å². The fourth-order valence-electron chi connectivity index (χ4n) is 1.13. The van der Waals surface area contributed by atoms with E-state index >= 15 is 0 Å². The molecule has 0 aromatic heterocycles. The van der Waals surface area contributed by atoms with Crippen molar-refractivity contribution < 1.29 is 15.1 Å². The van der Waals surface area contributed by atoms with Gasteiger partial charge in [0.25, 0.3) is 5.69 Å². The van der Waals surface area contributed by atoms with E-state index in [-0.39, 0.29) is 17.0 Å². The normalized spacial score (nSPS) is 11.4. The van der Waals surface area contributed by atoms with Crippen LogP contribution in [0, 0.1) is 10.1 Å². The Labute approximate surface area is 80.8 Å². The molecule has 0 heterocycles. The lowest BCUT2D eigenvalue weighted by Crippen LogP contribution is -2.15. The van der Waals surface area contributed by atoms with Gasteiger partial charge < -0.3 is 10.2 Å². The van der Waals surface area contributed by atoms with Crippen molar-refractivity contribution in [1.29, 1.82) is 0 Å². The summed E-state index contributed by atoms with van der Waals surface area (Å²) in [5, 5.41) is 29.4. The molecule has 0 saturated carbocycles. The molecule has 0 radical (unpaired) electrons. The lowest BCUT2D eigenvalue weighted by atomic mass is 9.97. The van der Waals surface area contributed by atoms with Crippen LogP contribution in [0.5, 0.6) is 5.75 Å². The van der Waals surface area contributed by atoms with Gasteiger partial charge in [0.2, 0.25) is 0 Å². The van der Waals surface area contributed by atoms with Gasteiger partial charge in [0, 0.05) is 17.7 Å². The van der Waals surface area contributed by atoms with Gasteiger partial charge in [0.15, 0.2) is 0 Å². The van der Waals surface area contributed by atoms with Gasteiger partial charge in [-0.1, -0.05) is 0 Å². The Morgan fingerprint density at radius 3 is 2.43 bits per heavy atom. The van der Waals surface area contributed by atoms with E-state index in [9.17, 15) is 20.3 Å². The van der Waals surface area contributed by atoms with Gasteiger partial charge in [-0.05, 0) is 19.9 Å². The Kier molecular flexibility index (Phi) is 2.44. The molecule has 0 unspecified atom stereocenters. The fraction of sp³-hybridized carbons (Fsp3) is 0.333. The van der Waals surface area contributed by atoms with Crippen LogP contribution in [-0.4, -0.2) is 15.1 Å². The van der Waals surface area contributed by atoms with Crippen LogP contribution < -0.4 is 0 Å². The third-order valence-electron chi connectivity index (χ3n) is 1.85. The number of rotatable bonds is 2. The van der Waals surface area contributed by atoms with Crippen molar-refractivity contribution in [3.63, 3.8) is 0 Å². The minimum Gasteiger partial charge on any atom is -0.508 e. The lowest BCUT2D eigenvalue weighted by molar-refractivity contribution is -0.385. The lowest BCUT2D eigenvalue weighted by Gasteiger charge is -2.18. The van der Waals surface area contributed by atoms with Gasteiger partial charge in [-0.15, -0.1) is 0 Å². The van der Waals surface area contributed by atoms with E-state index in [0.717, 1.165) is 6.07 Å². The Bertz CT molecular complexity index is 368. The van der Waals surface area contributed by atoms with Gasteiger partial charge >= 0.3 is 0 Å². The highest BCUT2D eigenvalue weighted by Gasteiger charge is 2.22. The molecule has 0 spiro atoms. The molecule has 5 nitrogen and oxygen atoms in total. The van der Waals surface area contributed by atoms with E-state index in [1.807, 2.05) is 0 Å². The zero-order chi connectivity index (χ0) is 10.9. The maximum atomic E-state index is 10.4. The molecular formula is C9H11NO4. The van der Waals surface area contributed by atoms with Gasteiger partial charge in [-0.25, -0.2) is 0 Å². The first-order chi connectivity index (χ1) is 6.32. The van der Waals surface area contributed by atoms with Crippen molar-refractivity contribution in [3.8, 4) is 5.75 Å². The zero-order valence-electron chi connectivity index (χ0n) is 7.89. The van der Waals surface area contributed by atoms with Crippen molar-refractivity contribution in [2.75, 3.05) is 0 Å². The molecule has 1 aromatic carbocycles. The topological polar surface area (TPSA) is 83.6 Å². The summed E-state index contributed by atoms with van der Waals surface area (Å²) in [4.78, 5) is 9.86. The summed E-state index contributed by atoms with van der Waals surface area (Å²) in [7, 11) is 0. The number of benzene rings is 1. The molecular weight excluding hydrogens is 186 g/mol. The average molecular weight is 197 g/mol. The van der Waals surface area contributed by atoms with Crippen molar-refractivity contribution in [3.05, 3.63) is 33.9 Å². The molecule has 2 N–H and O–H groups in total. The molecule has 1 rings (SSSR count). The summed E-state index contributed by atoms with van der Waals surface area (Å²) in [5.74, 6) is -0.150. The second-order valence-electron chi connectivity index (χ2n) is 3.52. The Balaban J connectivity index is 3.29. The van der Waals surface area contributed by atoms with Gasteiger partial charge in [-0.2, -0.15) is 0 Å². The molecule has 0 aliphatic rings. The number of aromatic hydroxyl groups is 1. The van der Waals surface area contributed by atoms with Crippen LogP contribution in [0.1, 0.15) is 19.4 Å². The Morgan fingerprint density at radius 1 is 1.43 bits per heavy atom. The van der Waals surface area contributed by atoms with Crippen molar-refractivity contribution >= 4 is 5.69 Å². The van der Waals surface area contributed by atoms with E-state index in [1.54, 1.807) is 0 Å². The minimum atomic E-state index is -1.30.